The summed E-state index contributed by atoms with van der Waals surface area (Å²) in [4.78, 5) is 10.8. The Kier molecular flexibility index (Phi) is 2.25. The first-order valence-corrected chi connectivity index (χ1v) is 6.26. The van der Waals surface area contributed by atoms with E-state index >= 15 is 0 Å². The maximum atomic E-state index is 14.3. The lowest BCUT2D eigenvalue weighted by Crippen LogP contribution is -2.60. The van der Waals surface area contributed by atoms with E-state index < -0.39 is 5.67 Å². The van der Waals surface area contributed by atoms with E-state index in [2.05, 4.69) is 5.32 Å². The quantitative estimate of drug-likeness (QED) is 0.753. The van der Waals surface area contributed by atoms with E-state index in [1.54, 1.807) is 0 Å². The number of hydrogen-bond donors (Lipinski definition) is 2. The Morgan fingerprint density at radius 3 is 2.44 bits per heavy atom. The van der Waals surface area contributed by atoms with Crippen molar-refractivity contribution in [2.75, 3.05) is 6.54 Å². The summed E-state index contributed by atoms with van der Waals surface area (Å²) in [6, 6.07) is 0.327. The van der Waals surface area contributed by atoms with Gasteiger partial charge in [0.15, 0.2) is 0 Å². The normalized spacial score (nSPS) is 49.6. The highest BCUT2D eigenvalue weighted by Crippen LogP contribution is 2.57. The summed E-state index contributed by atoms with van der Waals surface area (Å²) in [5, 5.41) is 3.24. The molecule has 4 bridgehead atoms. The zero-order valence-electron chi connectivity index (χ0n) is 9.42. The molecule has 4 aliphatic rings. The van der Waals surface area contributed by atoms with Gasteiger partial charge in [0.1, 0.15) is 5.67 Å². The molecule has 0 saturated heterocycles. The molecule has 90 valence electrons. The predicted molar refractivity (Wildman–Crippen MR) is 58.4 cm³/mol. The van der Waals surface area contributed by atoms with Crippen LogP contribution in [0.3, 0.4) is 0 Å². The van der Waals surface area contributed by atoms with Crippen LogP contribution >= 0.6 is 0 Å². The number of carbonyl (C=O) groups is 1. The van der Waals surface area contributed by atoms with Crippen LogP contribution in [0.2, 0.25) is 0 Å². The van der Waals surface area contributed by atoms with Crippen molar-refractivity contribution in [1.29, 1.82) is 0 Å². The van der Waals surface area contributed by atoms with Gasteiger partial charge < -0.3 is 11.1 Å². The molecule has 0 radical (unpaired) electrons. The number of carbonyl (C=O) groups excluding carboxylic acids is 1. The Labute approximate surface area is 95.0 Å². The highest BCUT2D eigenvalue weighted by Gasteiger charge is 2.55. The minimum Gasteiger partial charge on any atom is -0.369 e. The van der Waals surface area contributed by atoms with E-state index in [0.717, 1.165) is 19.3 Å². The lowest BCUT2D eigenvalue weighted by atomic mass is 9.53. The highest BCUT2D eigenvalue weighted by atomic mass is 19.1. The standard InChI is InChI=1S/C12H19FN2O/c13-12-3-7-1-8(4-12)11(9(2-7)5-12)15-6-10(14)16/h7-9,11,15H,1-6H2,(H2,14,16). The molecular formula is C12H19FN2O. The van der Waals surface area contributed by atoms with Crippen molar-refractivity contribution in [3.8, 4) is 0 Å². The van der Waals surface area contributed by atoms with Crippen LogP contribution in [0.5, 0.6) is 0 Å². The predicted octanol–water partition coefficient (Wildman–Crippen LogP) is 0.978. The van der Waals surface area contributed by atoms with Gasteiger partial charge in [-0.25, -0.2) is 4.39 Å². The van der Waals surface area contributed by atoms with Crippen LogP contribution < -0.4 is 11.1 Å². The second-order valence-corrected chi connectivity index (χ2v) is 5.99. The van der Waals surface area contributed by atoms with E-state index in [1.807, 2.05) is 0 Å². The van der Waals surface area contributed by atoms with Gasteiger partial charge >= 0.3 is 0 Å². The summed E-state index contributed by atoms with van der Waals surface area (Å²) in [7, 11) is 0. The van der Waals surface area contributed by atoms with Crippen LogP contribution in [0, 0.1) is 17.8 Å². The first-order valence-electron chi connectivity index (χ1n) is 6.26. The van der Waals surface area contributed by atoms with Crippen molar-refractivity contribution >= 4 is 5.91 Å². The molecule has 3 nitrogen and oxygen atoms in total. The third-order valence-corrected chi connectivity index (χ3v) is 4.71. The van der Waals surface area contributed by atoms with Crippen LogP contribution in [-0.4, -0.2) is 24.2 Å². The van der Waals surface area contributed by atoms with Crippen LogP contribution in [0.4, 0.5) is 4.39 Å². The van der Waals surface area contributed by atoms with Crippen LogP contribution in [-0.2, 0) is 4.79 Å². The Morgan fingerprint density at radius 2 is 1.94 bits per heavy atom. The zero-order chi connectivity index (χ0) is 11.3. The molecule has 4 heteroatoms. The van der Waals surface area contributed by atoms with Crippen molar-refractivity contribution in [2.45, 2.75) is 43.8 Å². The molecule has 0 aliphatic heterocycles. The highest BCUT2D eigenvalue weighted by molar-refractivity contribution is 5.75. The van der Waals surface area contributed by atoms with Gasteiger partial charge in [-0.05, 0) is 49.9 Å². The minimum absolute atomic E-state index is 0.238. The van der Waals surface area contributed by atoms with Gasteiger partial charge in [-0.1, -0.05) is 0 Å². The lowest BCUT2D eigenvalue weighted by Gasteiger charge is -2.57. The van der Waals surface area contributed by atoms with Gasteiger partial charge in [-0.15, -0.1) is 0 Å². The molecule has 0 aromatic carbocycles. The molecule has 0 spiro atoms. The number of hydrogen-bond acceptors (Lipinski definition) is 2. The molecular weight excluding hydrogens is 207 g/mol. The molecule has 4 rings (SSSR count). The van der Waals surface area contributed by atoms with Gasteiger partial charge in [0.2, 0.25) is 5.91 Å². The molecule has 4 aliphatic carbocycles. The fourth-order valence-electron chi connectivity index (χ4n) is 4.48. The fourth-order valence-corrected chi connectivity index (χ4v) is 4.48. The maximum Gasteiger partial charge on any atom is 0.231 e. The number of amides is 1. The van der Waals surface area contributed by atoms with Gasteiger partial charge in [0.05, 0.1) is 6.54 Å². The molecule has 4 fully saturated rings. The average molecular weight is 226 g/mol. The molecule has 16 heavy (non-hydrogen) atoms. The Bertz CT molecular complexity index is 304. The summed E-state index contributed by atoms with van der Waals surface area (Å²) in [6.45, 7) is 0.238. The van der Waals surface area contributed by atoms with Gasteiger partial charge in [0, 0.05) is 6.04 Å². The molecule has 1 amide bonds. The van der Waals surface area contributed by atoms with Crippen molar-refractivity contribution in [3.05, 3.63) is 0 Å². The molecule has 4 saturated carbocycles. The van der Waals surface area contributed by atoms with Crippen LogP contribution in [0.15, 0.2) is 0 Å². The molecule has 2 atom stereocenters. The summed E-state index contributed by atoms with van der Waals surface area (Å²) in [5.41, 5.74) is 4.26. The molecule has 0 aromatic rings. The average Bonchev–Trinajstić information content (AvgIpc) is 2.13. The number of alkyl halides is 1. The number of rotatable bonds is 3. The lowest BCUT2D eigenvalue weighted by molar-refractivity contribution is -0.119. The largest absolute Gasteiger partial charge is 0.369 e. The summed E-state index contributed by atoms with van der Waals surface area (Å²) >= 11 is 0. The molecule has 0 heterocycles. The Morgan fingerprint density at radius 1 is 1.31 bits per heavy atom. The molecule has 0 aromatic heterocycles. The van der Waals surface area contributed by atoms with E-state index in [0.29, 0.717) is 36.6 Å². The smallest absolute Gasteiger partial charge is 0.231 e. The second kappa shape index (κ2) is 3.42. The number of nitrogens with two attached hydrogens (primary N) is 1. The van der Waals surface area contributed by atoms with Crippen molar-refractivity contribution < 1.29 is 9.18 Å². The van der Waals surface area contributed by atoms with E-state index in [4.69, 9.17) is 5.73 Å². The molecule has 2 unspecified atom stereocenters. The summed E-state index contributed by atoms with van der Waals surface area (Å²) < 4.78 is 14.3. The van der Waals surface area contributed by atoms with Crippen molar-refractivity contribution in [2.24, 2.45) is 23.5 Å². The van der Waals surface area contributed by atoms with E-state index in [-0.39, 0.29) is 12.5 Å². The zero-order valence-corrected chi connectivity index (χ0v) is 9.42. The number of halogens is 1. The van der Waals surface area contributed by atoms with Crippen LogP contribution in [0.1, 0.15) is 32.1 Å². The Hall–Kier alpha value is -0.640. The van der Waals surface area contributed by atoms with Crippen molar-refractivity contribution in [1.82, 2.24) is 5.32 Å². The third kappa shape index (κ3) is 1.63. The second-order valence-electron chi connectivity index (χ2n) is 5.99. The monoisotopic (exact) mass is 226 g/mol. The topological polar surface area (TPSA) is 55.1 Å². The summed E-state index contributed by atoms with van der Waals surface area (Å²) in [5.74, 6) is 1.13. The SMILES string of the molecule is NC(=O)CNC1C2CC3CC1CC(F)(C3)C2. The van der Waals surface area contributed by atoms with Gasteiger partial charge in [-0.3, -0.25) is 4.79 Å². The minimum atomic E-state index is -0.887. The van der Waals surface area contributed by atoms with Gasteiger partial charge in [0.25, 0.3) is 0 Å². The van der Waals surface area contributed by atoms with E-state index in [9.17, 15) is 9.18 Å². The first kappa shape index (κ1) is 10.5. The first-order chi connectivity index (χ1) is 7.56. The summed E-state index contributed by atoms with van der Waals surface area (Å²) in [6.07, 6.45) is 4.44. The van der Waals surface area contributed by atoms with Crippen molar-refractivity contribution in [3.63, 3.8) is 0 Å². The Balaban J connectivity index is 1.71. The fraction of sp³-hybridized carbons (Fsp3) is 0.917. The van der Waals surface area contributed by atoms with E-state index in [1.165, 1.54) is 0 Å². The number of primary amides is 1. The third-order valence-electron chi connectivity index (χ3n) is 4.71. The maximum absolute atomic E-state index is 14.3. The van der Waals surface area contributed by atoms with Crippen LogP contribution in [0.25, 0.3) is 0 Å². The van der Waals surface area contributed by atoms with Gasteiger partial charge in [-0.2, -0.15) is 0 Å². The molecule has 3 N–H and O–H groups in total. The number of nitrogens with one attached hydrogen (secondary N) is 1.